The Balaban J connectivity index is 1.74. The second-order valence-electron chi connectivity index (χ2n) is 8.43. The zero-order chi connectivity index (χ0) is 21.4. The molecule has 1 aromatic heterocycles. The molecule has 3 atom stereocenters. The molecule has 4 rings (SSSR count). The number of fused-ring (bicyclic) bond motifs is 2. The van der Waals surface area contributed by atoms with Crippen molar-refractivity contribution in [3.05, 3.63) is 35.5 Å². The Labute approximate surface area is 177 Å². The Bertz CT molecular complexity index is 992. The number of piperidine rings is 1. The van der Waals surface area contributed by atoms with Gasteiger partial charge in [-0.15, -0.1) is 0 Å². The van der Waals surface area contributed by atoms with E-state index >= 15 is 0 Å². The molecule has 2 aromatic rings. The minimum atomic E-state index is -0.200. The number of carbonyl (C=O) groups is 3. The van der Waals surface area contributed by atoms with Crippen LogP contribution in [0.4, 0.5) is 0 Å². The Morgan fingerprint density at radius 2 is 1.83 bits per heavy atom. The number of carbonyl (C=O) groups excluding carboxylic acids is 3. The monoisotopic (exact) mass is 410 g/mol. The normalized spacial score (nSPS) is 22.6. The molecule has 1 amide bonds. The predicted octanol–water partition coefficient (Wildman–Crippen LogP) is 3.91. The molecule has 2 aliphatic rings. The molecule has 2 heterocycles. The maximum absolute atomic E-state index is 12.8. The van der Waals surface area contributed by atoms with Crippen LogP contribution in [0, 0.1) is 5.92 Å². The Morgan fingerprint density at radius 3 is 2.53 bits per heavy atom. The fourth-order valence-corrected chi connectivity index (χ4v) is 5.20. The molecule has 0 bridgehead atoms. The number of likely N-dealkylation sites (tertiary alicyclic amines) is 1. The number of hydrogen-bond acceptors (Lipinski definition) is 4. The van der Waals surface area contributed by atoms with Crippen LogP contribution in [0.25, 0.3) is 10.9 Å². The summed E-state index contributed by atoms with van der Waals surface area (Å²) in [7, 11) is 0. The van der Waals surface area contributed by atoms with Crippen molar-refractivity contribution in [2.24, 2.45) is 5.92 Å². The fourth-order valence-electron chi connectivity index (χ4n) is 5.20. The van der Waals surface area contributed by atoms with Gasteiger partial charge in [0.05, 0.1) is 12.1 Å². The van der Waals surface area contributed by atoms with Crippen molar-refractivity contribution in [1.29, 1.82) is 0 Å². The van der Waals surface area contributed by atoms with Crippen LogP contribution in [0.1, 0.15) is 68.3 Å². The maximum Gasteiger partial charge on any atom is 0.305 e. The van der Waals surface area contributed by atoms with Gasteiger partial charge in [0, 0.05) is 55.3 Å². The van der Waals surface area contributed by atoms with Crippen LogP contribution in [0.15, 0.2) is 24.4 Å². The highest BCUT2D eigenvalue weighted by Crippen LogP contribution is 2.45. The number of nitrogens with zero attached hydrogens (tertiary/aromatic N) is 2. The van der Waals surface area contributed by atoms with Crippen LogP contribution in [0.5, 0.6) is 0 Å². The molecule has 0 N–H and O–H groups in total. The Morgan fingerprint density at radius 1 is 1.07 bits per heavy atom. The number of rotatable bonds is 5. The average Bonchev–Trinajstić information content (AvgIpc) is 3.15. The predicted molar refractivity (Wildman–Crippen MR) is 114 cm³/mol. The van der Waals surface area contributed by atoms with Crippen molar-refractivity contribution in [1.82, 2.24) is 9.47 Å². The maximum atomic E-state index is 12.8. The van der Waals surface area contributed by atoms with Gasteiger partial charge in [-0.1, -0.05) is 32.9 Å². The zero-order valence-electron chi connectivity index (χ0n) is 18.0. The number of hydrogen-bond donors (Lipinski definition) is 0. The summed E-state index contributed by atoms with van der Waals surface area (Å²) in [6, 6.07) is 6.24. The van der Waals surface area contributed by atoms with Gasteiger partial charge in [0.1, 0.15) is 0 Å². The van der Waals surface area contributed by atoms with Crippen LogP contribution in [0.2, 0.25) is 0 Å². The molecule has 1 aliphatic heterocycles. The molecular weight excluding hydrogens is 380 g/mol. The summed E-state index contributed by atoms with van der Waals surface area (Å²) in [4.78, 5) is 39.0. The standard InChI is InChI=1S/C24H30N2O4/c1-4-21(27)25-12-15(14-30-23(29)6-3)10-18-17-8-7-9-19-24(17)16(11-20(18)25)13-26(19)22(28)5-2/h7-9,13,15,18,20H,4-6,10-12,14H2,1-3H3/t15-,18-,20-/m1/s1. The average molecular weight is 411 g/mol. The number of ether oxygens (including phenoxy) is 1. The van der Waals surface area contributed by atoms with Gasteiger partial charge >= 0.3 is 5.97 Å². The van der Waals surface area contributed by atoms with E-state index in [2.05, 4.69) is 6.07 Å². The Kier molecular flexibility index (Phi) is 5.67. The quantitative estimate of drug-likeness (QED) is 0.701. The van der Waals surface area contributed by atoms with Crippen LogP contribution >= 0.6 is 0 Å². The van der Waals surface area contributed by atoms with Crippen molar-refractivity contribution in [3.8, 4) is 0 Å². The van der Waals surface area contributed by atoms with Gasteiger partial charge < -0.3 is 9.64 Å². The summed E-state index contributed by atoms with van der Waals surface area (Å²) < 4.78 is 7.21. The van der Waals surface area contributed by atoms with Crippen LogP contribution in [-0.4, -0.2) is 46.4 Å². The molecular formula is C24H30N2O4. The van der Waals surface area contributed by atoms with E-state index in [-0.39, 0.29) is 35.7 Å². The molecule has 0 radical (unpaired) electrons. The van der Waals surface area contributed by atoms with Crippen molar-refractivity contribution in [2.45, 2.75) is 64.8 Å². The summed E-state index contributed by atoms with van der Waals surface area (Å²) in [5.41, 5.74) is 3.32. The number of benzene rings is 1. The zero-order valence-corrected chi connectivity index (χ0v) is 18.0. The lowest BCUT2D eigenvalue weighted by molar-refractivity contribution is -0.146. The SMILES string of the molecule is CCC(=O)OC[C@@H]1C[C@@H]2c3cccc4c3c(cn4C(=O)CC)C[C@H]2N(C(=O)CC)C1. The van der Waals surface area contributed by atoms with Gasteiger partial charge in [-0.2, -0.15) is 0 Å². The highest BCUT2D eigenvalue weighted by atomic mass is 16.5. The second-order valence-corrected chi connectivity index (χ2v) is 8.43. The largest absolute Gasteiger partial charge is 0.465 e. The van der Waals surface area contributed by atoms with Gasteiger partial charge in [0.25, 0.3) is 0 Å². The van der Waals surface area contributed by atoms with Crippen LogP contribution in [-0.2, 0) is 20.7 Å². The first-order valence-electron chi connectivity index (χ1n) is 11.1. The third kappa shape index (κ3) is 3.42. The van der Waals surface area contributed by atoms with E-state index in [9.17, 15) is 14.4 Å². The molecule has 0 saturated carbocycles. The van der Waals surface area contributed by atoms with E-state index in [1.807, 2.05) is 37.1 Å². The minimum absolute atomic E-state index is 0.0825. The molecule has 0 unspecified atom stereocenters. The van der Waals surface area contributed by atoms with Crippen molar-refractivity contribution < 1.29 is 19.1 Å². The topological polar surface area (TPSA) is 68.6 Å². The molecule has 1 aromatic carbocycles. The molecule has 1 aliphatic carbocycles. The summed E-state index contributed by atoms with van der Waals surface area (Å²) in [6.07, 6.45) is 4.87. The lowest BCUT2D eigenvalue weighted by Crippen LogP contribution is -2.53. The first kappa shape index (κ1) is 20.6. The summed E-state index contributed by atoms with van der Waals surface area (Å²) in [6.45, 7) is 6.52. The smallest absolute Gasteiger partial charge is 0.305 e. The van der Waals surface area contributed by atoms with Gasteiger partial charge in [-0.05, 0) is 30.0 Å². The van der Waals surface area contributed by atoms with Crippen LogP contribution < -0.4 is 0 Å². The summed E-state index contributed by atoms with van der Waals surface area (Å²) in [5, 5.41) is 1.16. The third-order valence-electron chi connectivity index (χ3n) is 6.64. The number of aromatic nitrogens is 1. The molecule has 1 saturated heterocycles. The van der Waals surface area contributed by atoms with Gasteiger partial charge in [0.15, 0.2) is 0 Å². The lowest BCUT2D eigenvalue weighted by Gasteiger charge is -2.47. The van der Waals surface area contributed by atoms with Gasteiger partial charge in [-0.3, -0.25) is 19.0 Å². The van der Waals surface area contributed by atoms with Gasteiger partial charge in [0.2, 0.25) is 11.8 Å². The third-order valence-corrected chi connectivity index (χ3v) is 6.64. The first-order valence-corrected chi connectivity index (χ1v) is 11.1. The molecule has 160 valence electrons. The van der Waals surface area contributed by atoms with Crippen molar-refractivity contribution in [3.63, 3.8) is 0 Å². The molecule has 1 fully saturated rings. The van der Waals surface area contributed by atoms with E-state index in [0.29, 0.717) is 32.4 Å². The van der Waals surface area contributed by atoms with E-state index in [4.69, 9.17) is 4.74 Å². The first-order chi connectivity index (χ1) is 14.5. The summed E-state index contributed by atoms with van der Waals surface area (Å²) in [5.74, 6) is 0.320. The van der Waals surface area contributed by atoms with E-state index in [0.717, 1.165) is 29.3 Å². The van der Waals surface area contributed by atoms with Crippen molar-refractivity contribution >= 4 is 28.7 Å². The Hall–Kier alpha value is -2.63. The highest BCUT2D eigenvalue weighted by molar-refractivity contribution is 5.97. The van der Waals surface area contributed by atoms with E-state index < -0.39 is 0 Å². The molecule has 6 nitrogen and oxygen atoms in total. The molecule has 0 spiro atoms. The number of esters is 1. The number of amides is 1. The second kappa shape index (κ2) is 8.25. The lowest BCUT2D eigenvalue weighted by atomic mass is 9.72. The van der Waals surface area contributed by atoms with E-state index in [1.165, 1.54) is 5.56 Å². The molecule has 30 heavy (non-hydrogen) atoms. The van der Waals surface area contributed by atoms with Crippen molar-refractivity contribution in [2.75, 3.05) is 13.2 Å². The van der Waals surface area contributed by atoms with E-state index in [1.54, 1.807) is 11.5 Å². The van der Waals surface area contributed by atoms with Crippen LogP contribution in [0.3, 0.4) is 0 Å². The fraction of sp³-hybridized carbons (Fsp3) is 0.542. The molecule has 6 heteroatoms. The van der Waals surface area contributed by atoms with Gasteiger partial charge in [-0.25, -0.2) is 0 Å². The highest BCUT2D eigenvalue weighted by Gasteiger charge is 2.43. The minimum Gasteiger partial charge on any atom is -0.465 e. The summed E-state index contributed by atoms with van der Waals surface area (Å²) >= 11 is 0.